The van der Waals surface area contributed by atoms with E-state index in [1.165, 1.54) is 18.4 Å². The number of halogens is 2. The third-order valence-corrected chi connectivity index (χ3v) is 6.02. The number of rotatable bonds is 3. The molecular weight excluding hydrogens is 411 g/mol. The molecule has 0 radical (unpaired) electrons. The van der Waals surface area contributed by atoms with Crippen molar-refractivity contribution in [1.82, 2.24) is 0 Å². The van der Waals surface area contributed by atoms with Crippen LogP contribution < -0.4 is 10.6 Å². The lowest BCUT2D eigenvalue weighted by Crippen LogP contribution is -2.19. The fourth-order valence-corrected chi connectivity index (χ4v) is 4.26. The van der Waals surface area contributed by atoms with Crippen LogP contribution in [0, 0.1) is 6.92 Å². The molecule has 0 amide bonds. The van der Waals surface area contributed by atoms with E-state index in [9.17, 15) is 4.79 Å². The number of methoxy groups -OCH3 is 1. The number of nitrogens with one attached hydrogen (secondary N) is 2. The van der Waals surface area contributed by atoms with E-state index in [1.54, 1.807) is 0 Å². The zero-order valence-electron chi connectivity index (χ0n) is 13.9. The zero-order chi connectivity index (χ0) is 18.8. The first-order valence-corrected chi connectivity index (χ1v) is 9.52. The van der Waals surface area contributed by atoms with Crippen molar-refractivity contribution in [2.75, 3.05) is 17.7 Å². The van der Waals surface area contributed by atoms with Crippen LogP contribution in [0.15, 0.2) is 36.4 Å². The summed E-state index contributed by atoms with van der Waals surface area (Å²) in [5.74, 6) is -0.445. The molecule has 4 nitrogen and oxygen atoms in total. The first-order chi connectivity index (χ1) is 12.4. The number of thiocarbonyl (C=S) groups is 1. The molecule has 0 saturated carbocycles. The van der Waals surface area contributed by atoms with Gasteiger partial charge in [-0.15, -0.1) is 11.3 Å². The molecule has 0 aliphatic rings. The molecule has 0 saturated heterocycles. The monoisotopic (exact) mass is 424 g/mol. The van der Waals surface area contributed by atoms with Crippen molar-refractivity contribution in [1.29, 1.82) is 0 Å². The second-order valence-corrected chi connectivity index (χ2v) is 7.68. The first kappa shape index (κ1) is 18.9. The molecule has 1 heterocycles. The zero-order valence-corrected chi connectivity index (χ0v) is 17.0. The summed E-state index contributed by atoms with van der Waals surface area (Å²) >= 11 is 19.0. The highest BCUT2D eigenvalue weighted by Gasteiger charge is 2.17. The summed E-state index contributed by atoms with van der Waals surface area (Å²) < 4.78 is 5.62. The van der Waals surface area contributed by atoms with E-state index in [0.29, 0.717) is 20.0 Å². The molecule has 8 heteroatoms. The number of hydrogen-bond donors (Lipinski definition) is 2. The molecule has 0 fully saturated rings. The average molecular weight is 425 g/mol. The Labute approximate surface area is 170 Å². The van der Waals surface area contributed by atoms with Crippen LogP contribution in [0.5, 0.6) is 0 Å². The molecule has 2 aromatic carbocycles. The average Bonchev–Trinajstić information content (AvgIpc) is 2.94. The van der Waals surface area contributed by atoms with Crippen molar-refractivity contribution in [3.8, 4) is 0 Å². The Hall–Kier alpha value is -1.86. The van der Waals surface area contributed by atoms with Crippen molar-refractivity contribution in [3.05, 3.63) is 56.9 Å². The molecule has 1 aromatic heterocycles. The predicted octanol–water partition coefficient (Wildman–Crippen LogP) is 6.11. The molecule has 0 spiro atoms. The van der Waals surface area contributed by atoms with E-state index >= 15 is 0 Å². The molecule has 0 unspecified atom stereocenters. The summed E-state index contributed by atoms with van der Waals surface area (Å²) in [7, 11) is 1.33. The molecular formula is C18H14Cl2N2O2S2. The topological polar surface area (TPSA) is 50.4 Å². The molecule has 26 heavy (non-hydrogen) atoms. The van der Waals surface area contributed by atoms with Gasteiger partial charge >= 0.3 is 5.97 Å². The standard InChI is InChI=1S/C18H14Cl2N2O2S2/c1-9-12(19)4-3-5-13(9)22-18(25)21-10-6-7-11-14(8-10)26-16(15(11)20)17(23)24-2/h3-8H,1-2H3,(H2,21,22,25). The van der Waals surface area contributed by atoms with Crippen LogP contribution in [0.3, 0.4) is 0 Å². The molecule has 134 valence electrons. The van der Waals surface area contributed by atoms with Gasteiger partial charge in [-0.3, -0.25) is 0 Å². The van der Waals surface area contributed by atoms with Gasteiger partial charge in [-0.05, 0) is 55.0 Å². The molecule has 0 aliphatic carbocycles. The van der Waals surface area contributed by atoms with Crippen LogP contribution in [-0.2, 0) is 4.74 Å². The Kier molecular flexibility index (Phi) is 5.67. The largest absolute Gasteiger partial charge is 0.465 e. The number of carbonyl (C=O) groups excluding carboxylic acids is 1. The lowest BCUT2D eigenvalue weighted by atomic mass is 10.2. The molecule has 0 aliphatic heterocycles. The Bertz CT molecular complexity index is 1020. The number of ether oxygens (including phenoxy) is 1. The van der Waals surface area contributed by atoms with E-state index in [-0.39, 0.29) is 0 Å². The number of fused-ring (bicyclic) bond motifs is 1. The van der Waals surface area contributed by atoms with Gasteiger partial charge in [0.05, 0.1) is 12.1 Å². The number of thiophene rings is 1. The van der Waals surface area contributed by atoms with Gasteiger partial charge in [0.2, 0.25) is 0 Å². The van der Waals surface area contributed by atoms with E-state index in [0.717, 1.165) is 27.0 Å². The lowest BCUT2D eigenvalue weighted by Gasteiger charge is -2.13. The van der Waals surface area contributed by atoms with Gasteiger partial charge in [0, 0.05) is 26.5 Å². The molecule has 3 aromatic rings. The van der Waals surface area contributed by atoms with Gasteiger partial charge in [0.15, 0.2) is 5.11 Å². The van der Waals surface area contributed by atoms with E-state index < -0.39 is 5.97 Å². The Morgan fingerprint density at radius 1 is 1.19 bits per heavy atom. The van der Waals surface area contributed by atoms with Gasteiger partial charge in [-0.1, -0.05) is 29.3 Å². The number of anilines is 2. The third kappa shape index (κ3) is 3.78. The van der Waals surface area contributed by atoms with E-state index in [4.69, 9.17) is 40.2 Å². The first-order valence-electron chi connectivity index (χ1n) is 7.54. The van der Waals surface area contributed by atoms with Crippen LogP contribution in [-0.4, -0.2) is 18.2 Å². The highest BCUT2D eigenvalue weighted by molar-refractivity contribution is 7.80. The fraction of sp³-hybridized carbons (Fsp3) is 0.111. The van der Waals surface area contributed by atoms with Crippen molar-refractivity contribution in [2.45, 2.75) is 6.92 Å². The lowest BCUT2D eigenvalue weighted by molar-refractivity contribution is 0.0606. The van der Waals surface area contributed by atoms with Crippen LogP contribution in [0.1, 0.15) is 15.2 Å². The smallest absolute Gasteiger partial charge is 0.349 e. The van der Waals surface area contributed by atoms with E-state index in [2.05, 4.69) is 10.6 Å². The predicted molar refractivity (Wildman–Crippen MR) is 114 cm³/mol. The van der Waals surface area contributed by atoms with Crippen molar-refractivity contribution >= 4 is 79.3 Å². The maximum absolute atomic E-state index is 11.8. The van der Waals surface area contributed by atoms with Crippen LogP contribution in [0.2, 0.25) is 10.0 Å². The summed E-state index contributed by atoms with van der Waals surface area (Å²) in [6.45, 7) is 1.92. The summed E-state index contributed by atoms with van der Waals surface area (Å²) in [5, 5.41) is 8.56. The normalized spacial score (nSPS) is 10.6. The number of benzene rings is 2. The minimum Gasteiger partial charge on any atom is -0.465 e. The third-order valence-electron chi connectivity index (χ3n) is 3.77. The molecule has 2 N–H and O–H groups in total. The minimum atomic E-state index is -0.445. The number of hydrogen-bond acceptors (Lipinski definition) is 4. The molecule has 0 bridgehead atoms. The maximum atomic E-state index is 11.8. The SMILES string of the molecule is COC(=O)c1sc2cc(NC(=S)Nc3cccc(Cl)c3C)ccc2c1Cl. The Morgan fingerprint density at radius 3 is 2.69 bits per heavy atom. The summed E-state index contributed by atoms with van der Waals surface area (Å²) in [6, 6.07) is 11.2. The highest BCUT2D eigenvalue weighted by Crippen LogP contribution is 2.37. The number of esters is 1. The summed E-state index contributed by atoms with van der Waals surface area (Å²) in [4.78, 5) is 12.2. The van der Waals surface area contributed by atoms with Crippen molar-refractivity contribution < 1.29 is 9.53 Å². The van der Waals surface area contributed by atoms with Gasteiger partial charge in [0.25, 0.3) is 0 Å². The fourth-order valence-electron chi connectivity index (χ4n) is 2.39. The van der Waals surface area contributed by atoms with Crippen molar-refractivity contribution in [2.24, 2.45) is 0 Å². The second-order valence-electron chi connectivity index (χ2n) is 5.44. The van der Waals surface area contributed by atoms with E-state index in [1.807, 2.05) is 43.3 Å². The summed E-state index contributed by atoms with van der Waals surface area (Å²) in [6.07, 6.45) is 0. The van der Waals surface area contributed by atoms with Gasteiger partial charge in [-0.2, -0.15) is 0 Å². The van der Waals surface area contributed by atoms with Gasteiger partial charge in [0.1, 0.15) is 4.88 Å². The molecule has 3 rings (SSSR count). The van der Waals surface area contributed by atoms with Crippen molar-refractivity contribution in [3.63, 3.8) is 0 Å². The number of carbonyl (C=O) groups is 1. The Morgan fingerprint density at radius 2 is 1.96 bits per heavy atom. The quantitative estimate of drug-likeness (QED) is 0.392. The Balaban J connectivity index is 1.81. The van der Waals surface area contributed by atoms with Gasteiger partial charge in [-0.25, -0.2) is 4.79 Å². The van der Waals surface area contributed by atoms with Crippen LogP contribution >= 0.6 is 46.8 Å². The van der Waals surface area contributed by atoms with Gasteiger partial charge < -0.3 is 15.4 Å². The highest BCUT2D eigenvalue weighted by atomic mass is 35.5. The summed E-state index contributed by atoms with van der Waals surface area (Å²) in [5.41, 5.74) is 2.54. The van der Waals surface area contributed by atoms with Crippen LogP contribution in [0.4, 0.5) is 11.4 Å². The van der Waals surface area contributed by atoms with Crippen LogP contribution in [0.25, 0.3) is 10.1 Å². The maximum Gasteiger partial charge on any atom is 0.349 e. The second kappa shape index (κ2) is 7.80. The molecule has 0 atom stereocenters. The minimum absolute atomic E-state index is 0.386.